The van der Waals surface area contributed by atoms with Crippen molar-refractivity contribution >= 4 is 115 Å². The van der Waals surface area contributed by atoms with Crippen molar-refractivity contribution in [3.05, 3.63) is 167 Å². The van der Waals surface area contributed by atoms with Gasteiger partial charge in [0.15, 0.2) is 22.4 Å². The van der Waals surface area contributed by atoms with Gasteiger partial charge in [-0.15, -0.1) is 0 Å². The third-order valence-corrected chi connectivity index (χ3v) is 16.0. The Kier molecular flexibility index (Phi) is 19.3. The van der Waals surface area contributed by atoms with Crippen LogP contribution in [0.4, 0.5) is 32.4 Å². The summed E-state index contributed by atoms with van der Waals surface area (Å²) in [5, 5.41) is 6.11. The number of nitrogens with zero attached hydrogens (tertiary/aromatic N) is 6. The van der Waals surface area contributed by atoms with E-state index in [1.807, 2.05) is 181 Å². The standard InChI is InChI=1S/C22H21N3O4S.C21H21N3O5.C21H21N3O4S/c1-25(21-23-17-6-2-3-7-18(17)29-21)12-4-5-13-28-16-10-8-15(9-11-16)14-19-20(26)24-22(27)30-19;2*1-21(18(25)23-20(26)29-21)13-14-7-9-15(10-8-14)27-12-11-24(2)19-22-16-5-3-4-6-17(16)28-19/h2-3,6-11,14H,4-5,12-13H2,1H3,(H,24,26,27);2*3-10H,11-13H2,1-2H3,(H,23,25,26)/b19-14+;;. The second-order valence-corrected chi connectivity index (χ2v) is 23.6. The molecule has 2 atom stereocenters. The summed E-state index contributed by atoms with van der Waals surface area (Å²) in [7, 11) is 5.77. The summed E-state index contributed by atoms with van der Waals surface area (Å²) in [5.41, 5.74) is 6.32. The Bertz CT molecular complexity index is 3730. The van der Waals surface area contributed by atoms with E-state index in [4.69, 9.17) is 32.2 Å². The van der Waals surface area contributed by atoms with Crippen molar-refractivity contribution in [3.63, 3.8) is 0 Å². The quantitative estimate of drug-likeness (QED) is 0.0420. The summed E-state index contributed by atoms with van der Waals surface area (Å²) in [6, 6.07) is 47.1. The number of hydrogen-bond acceptors (Lipinski definition) is 21. The highest BCUT2D eigenvalue weighted by molar-refractivity contribution is 8.18. The van der Waals surface area contributed by atoms with Crippen LogP contribution < -0.4 is 44.9 Å². The van der Waals surface area contributed by atoms with Gasteiger partial charge in [0.25, 0.3) is 40.3 Å². The Morgan fingerprint density at radius 1 is 0.500 bits per heavy atom. The molecule has 3 saturated heterocycles. The van der Waals surface area contributed by atoms with E-state index in [0.29, 0.717) is 74.5 Å². The third kappa shape index (κ3) is 15.8. The molecule has 0 radical (unpaired) electrons. The third-order valence-electron chi connectivity index (χ3n) is 14.2. The zero-order valence-corrected chi connectivity index (χ0v) is 50.4. The number of imide groups is 3. The number of carbonyl (C=O) groups is 6. The number of cyclic esters (lactones) is 1. The summed E-state index contributed by atoms with van der Waals surface area (Å²) in [6.45, 7) is 6.94. The van der Waals surface area contributed by atoms with Crippen LogP contribution in [0.3, 0.4) is 0 Å². The average molecular weight is 1230 g/mol. The van der Waals surface area contributed by atoms with Crippen LogP contribution >= 0.6 is 23.5 Å². The lowest BCUT2D eigenvalue weighted by Crippen LogP contribution is -2.38. The maximum absolute atomic E-state index is 12.0. The zero-order chi connectivity index (χ0) is 61.8. The van der Waals surface area contributed by atoms with Crippen molar-refractivity contribution in [1.29, 1.82) is 0 Å². The Hall–Kier alpha value is -9.81. The Balaban J connectivity index is 0.000000146. The highest BCUT2D eigenvalue weighted by atomic mass is 32.2. The number of alkyl carbamates (subject to hydrolysis) is 1. The fraction of sp³-hybridized carbons (Fsp3) is 0.266. The molecular weight excluding hydrogens is 1170 g/mol. The molecule has 3 N–H and O–H groups in total. The van der Waals surface area contributed by atoms with Crippen molar-refractivity contribution in [1.82, 2.24) is 30.9 Å². The number of amides is 6. The minimum Gasteiger partial charge on any atom is -0.494 e. The second kappa shape index (κ2) is 27.7. The summed E-state index contributed by atoms with van der Waals surface area (Å²) in [6.07, 6.45) is 3.60. The molecule has 88 heavy (non-hydrogen) atoms. The molecule has 24 heteroatoms. The van der Waals surface area contributed by atoms with E-state index in [0.717, 1.165) is 104 Å². The normalized spacial score (nSPS) is 17.4. The monoisotopic (exact) mass is 1230 g/mol. The fourth-order valence-corrected chi connectivity index (χ4v) is 10.9. The molecule has 12 rings (SSSR count). The summed E-state index contributed by atoms with van der Waals surface area (Å²) in [5.74, 6) is 1.19. The van der Waals surface area contributed by atoms with E-state index >= 15 is 0 Å². The Labute approximate surface area is 514 Å². The van der Waals surface area contributed by atoms with Crippen LogP contribution in [0.1, 0.15) is 43.4 Å². The molecule has 2 unspecified atom stereocenters. The first-order valence-electron chi connectivity index (χ1n) is 28.1. The number of nitrogens with one attached hydrogen (secondary N) is 3. The van der Waals surface area contributed by atoms with Gasteiger partial charge < -0.3 is 46.9 Å². The van der Waals surface area contributed by atoms with Crippen molar-refractivity contribution in [3.8, 4) is 17.2 Å². The van der Waals surface area contributed by atoms with E-state index in [2.05, 4.69) is 30.9 Å². The number of oxazole rings is 3. The van der Waals surface area contributed by atoms with Crippen LogP contribution in [-0.2, 0) is 32.0 Å². The van der Waals surface area contributed by atoms with Gasteiger partial charge in [0.2, 0.25) is 5.91 Å². The van der Waals surface area contributed by atoms with Gasteiger partial charge in [-0.25, -0.2) is 4.79 Å². The fourth-order valence-electron chi connectivity index (χ4n) is 9.25. The van der Waals surface area contributed by atoms with Gasteiger partial charge >= 0.3 is 6.09 Å². The van der Waals surface area contributed by atoms with Crippen molar-refractivity contribution < 1.29 is 61.0 Å². The van der Waals surface area contributed by atoms with E-state index in [1.54, 1.807) is 19.9 Å². The van der Waals surface area contributed by atoms with Crippen LogP contribution in [0.2, 0.25) is 0 Å². The summed E-state index contributed by atoms with van der Waals surface area (Å²) >= 11 is 1.95. The predicted molar refractivity (Wildman–Crippen MR) is 336 cm³/mol. The number of ether oxygens (including phenoxy) is 4. The van der Waals surface area contributed by atoms with Crippen LogP contribution in [-0.4, -0.2) is 120 Å². The minimum atomic E-state index is -1.18. The molecule has 0 spiro atoms. The van der Waals surface area contributed by atoms with Crippen molar-refractivity contribution in [2.45, 2.75) is 49.9 Å². The lowest BCUT2D eigenvalue weighted by Gasteiger charge is -2.19. The molecule has 6 amide bonds. The summed E-state index contributed by atoms with van der Waals surface area (Å²) in [4.78, 5) is 88.9. The van der Waals surface area contributed by atoms with Gasteiger partial charge in [0, 0.05) is 34.1 Å². The molecule has 3 fully saturated rings. The first-order chi connectivity index (χ1) is 42.4. The molecule has 6 aromatic carbocycles. The maximum Gasteiger partial charge on any atom is 0.415 e. The number of likely N-dealkylation sites (N-methyl/N-ethyl adjacent to an activating group) is 2. The smallest absolute Gasteiger partial charge is 0.415 e. The number of carbonyl (C=O) groups excluding carboxylic acids is 6. The molecule has 3 aromatic heterocycles. The van der Waals surface area contributed by atoms with E-state index < -0.39 is 22.3 Å². The molecule has 3 aliphatic rings. The molecule has 9 aromatic rings. The van der Waals surface area contributed by atoms with Crippen molar-refractivity contribution in [2.75, 3.05) is 75.3 Å². The molecule has 22 nitrogen and oxygen atoms in total. The second-order valence-electron chi connectivity index (χ2n) is 21.1. The van der Waals surface area contributed by atoms with E-state index in [1.165, 1.54) is 0 Å². The van der Waals surface area contributed by atoms with Crippen LogP contribution in [0.25, 0.3) is 39.4 Å². The zero-order valence-electron chi connectivity index (χ0n) is 48.8. The van der Waals surface area contributed by atoms with Gasteiger partial charge in [-0.3, -0.25) is 39.9 Å². The number of aromatic nitrogens is 3. The summed E-state index contributed by atoms with van der Waals surface area (Å²) < 4.78 is 38.9. The largest absolute Gasteiger partial charge is 0.494 e. The minimum absolute atomic E-state index is 0.241. The van der Waals surface area contributed by atoms with Gasteiger partial charge in [0.1, 0.15) is 51.8 Å². The first-order valence-corrected chi connectivity index (χ1v) is 29.8. The number of hydrogen-bond donors (Lipinski definition) is 3. The lowest BCUT2D eigenvalue weighted by atomic mass is 9.96. The predicted octanol–water partition coefficient (Wildman–Crippen LogP) is 11.0. The number of thioether (sulfide) groups is 2. The molecule has 3 aliphatic heterocycles. The van der Waals surface area contributed by atoms with E-state index in [-0.39, 0.29) is 22.3 Å². The maximum atomic E-state index is 12.0. The SMILES string of the molecule is CN(CCCCOc1ccc(/C=C2/SC(=O)NC2=O)cc1)c1nc2ccccc2o1.CN(CCOc1ccc(CC2(C)OC(=O)NC2=O)cc1)c1nc2ccccc2o1.CN(CCOc1ccc(CC2(C)SC(=O)NC2=O)cc1)c1nc2ccccc2o1. The highest BCUT2D eigenvalue weighted by Gasteiger charge is 2.45. The van der Waals surface area contributed by atoms with Crippen LogP contribution in [0.15, 0.2) is 164 Å². The number of benzene rings is 6. The van der Waals surface area contributed by atoms with Gasteiger partial charge in [-0.05, 0) is 152 Å². The van der Waals surface area contributed by atoms with E-state index in [9.17, 15) is 28.8 Å². The molecule has 454 valence electrons. The number of para-hydroxylation sites is 6. The lowest BCUT2D eigenvalue weighted by molar-refractivity contribution is -0.130. The molecule has 0 bridgehead atoms. The Morgan fingerprint density at radius 3 is 1.39 bits per heavy atom. The Morgan fingerprint density at radius 2 is 0.955 bits per heavy atom. The number of unbranched alkanes of at least 4 members (excludes halogenated alkanes) is 1. The number of anilines is 3. The number of rotatable bonds is 22. The first kappa shape index (κ1) is 61.3. The molecular formula is C64H63N9O13S2. The average Bonchev–Trinajstić information content (AvgIpc) is 3.33. The van der Waals surface area contributed by atoms with Gasteiger partial charge in [-0.2, -0.15) is 15.0 Å². The van der Waals surface area contributed by atoms with Crippen LogP contribution in [0.5, 0.6) is 17.2 Å². The number of fused-ring (bicyclic) bond motifs is 3. The molecule has 0 saturated carbocycles. The topological polar surface area (TPSA) is 263 Å². The van der Waals surface area contributed by atoms with Gasteiger partial charge in [0.05, 0.1) is 24.6 Å². The van der Waals surface area contributed by atoms with Gasteiger partial charge in [-0.1, -0.05) is 72.8 Å². The molecule has 6 heterocycles. The van der Waals surface area contributed by atoms with Crippen molar-refractivity contribution in [2.24, 2.45) is 0 Å². The highest BCUT2D eigenvalue weighted by Crippen LogP contribution is 2.35. The molecule has 0 aliphatic carbocycles. The van der Waals surface area contributed by atoms with Crippen LogP contribution in [0, 0.1) is 0 Å².